The predicted molar refractivity (Wildman–Crippen MR) is 51.0 cm³/mol. The fourth-order valence-corrected chi connectivity index (χ4v) is 0.751. The first-order valence-corrected chi connectivity index (χ1v) is 4.16. The Morgan fingerprint density at radius 2 is 1.64 bits per heavy atom. The average Bonchev–Trinajstić information content (AvgIpc) is 2.09. The quantitative estimate of drug-likeness (QED) is 0.395. The van der Waals surface area contributed by atoms with Gasteiger partial charge in [-0.25, -0.2) is 0 Å². The molecule has 0 bridgehead atoms. The van der Waals surface area contributed by atoms with E-state index in [1.165, 1.54) is 20.1 Å². The molecule has 0 saturated carbocycles. The minimum absolute atomic E-state index is 0.388. The zero-order valence-corrected chi connectivity index (χ0v) is 8.79. The van der Waals surface area contributed by atoms with Crippen LogP contribution < -0.4 is 0 Å². The number of hydrogen-bond acceptors (Lipinski definition) is 4. The first-order valence-electron chi connectivity index (χ1n) is 4.16. The van der Waals surface area contributed by atoms with Gasteiger partial charge in [0.15, 0.2) is 0 Å². The SMILES string of the molecule is CC=C(OC(C)=O)C(C)=COC(C)=O. The van der Waals surface area contributed by atoms with E-state index in [0.29, 0.717) is 11.3 Å². The molecule has 0 unspecified atom stereocenters. The molecule has 0 aromatic heterocycles. The van der Waals surface area contributed by atoms with Crippen LogP contribution in [-0.4, -0.2) is 11.9 Å². The van der Waals surface area contributed by atoms with Crippen molar-refractivity contribution in [3.63, 3.8) is 0 Å². The van der Waals surface area contributed by atoms with E-state index in [1.807, 2.05) is 0 Å². The smallest absolute Gasteiger partial charge is 0.308 e. The molecule has 0 saturated heterocycles. The standard InChI is InChI=1S/C10H14O4/c1-5-10(14-9(4)12)7(2)6-13-8(3)11/h5-6H,1-4H3. The van der Waals surface area contributed by atoms with Crippen LogP contribution in [0.4, 0.5) is 0 Å². The first kappa shape index (κ1) is 12.4. The van der Waals surface area contributed by atoms with Gasteiger partial charge >= 0.3 is 11.9 Å². The van der Waals surface area contributed by atoms with Gasteiger partial charge in [0.05, 0.1) is 0 Å². The average molecular weight is 198 g/mol. The van der Waals surface area contributed by atoms with Crippen LogP contribution in [0, 0.1) is 0 Å². The minimum atomic E-state index is -0.414. The highest BCUT2D eigenvalue weighted by Gasteiger charge is 2.04. The summed E-state index contributed by atoms with van der Waals surface area (Å²) in [5.41, 5.74) is 0.581. The number of rotatable bonds is 3. The monoisotopic (exact) mass is 198 g/mol. The molecule has 0 aliphatic rings. The second kappa shape index (κ2) is 5.96. The van der Waals surface area contributed by atoms with Gasteiger partial charge in [-0.3, -0.25) is 9.59 Å². The van der Waals surface area contributed by atoms with Crippen LogP contribution in [0.3, 0.4) is 0 Å². The molecule has 0 fully saturated rings. The highest BCUT2D eigenvalue weighted by Crippen LogP contribution is 2.11. The molecule has 14 heavy (non-hydrogen) atoms. The Morgan fingerprint density at radius 3 is 2.00 bits per heavy atom. The molecule has 0 aliphatic carbocycles. The summed E-state index contributed by atoms with van der Waals surface area (Å²) >= 11 is 0. The van der Waals surface area contributed by atoms with Crippen molar-refractivity contribution >= 4 is 11.9 Å². The molecule has 0 spiro atoms. The van der Waals surface area contributed by atoms with E-state index in [2.05, 4.69) is 4.74 Å². The predicted octanol–water partition coefficient (Wildman–Crippen LogP) is 1.92. The zero-order chi connectivity index (χ0) is 11.1. The van der Waals surface area contributed by atoms with E-state index in [0.717, 1.165) is 0 Å². The van der Waals surface area contributed by atoms with E-state index >= 15 is 0 Å². The summed E-state index contributed by atoms with van der Waals surface area (Å²) in [5.74, 6) is -0.435. The van der Waals surface area contributed by atoms with Gasteiger partial charge in [-0.2, -0.15) is 0 Å². The van der Waals surface area contributed by atoms with Crippen molar-refractivity contribution < 1.29 is 19.1 Å². The minimum Gasteiger partial charge on any atom is -0.434 e. The number of ether oxygens (including phenoxy) is 2. The Balaban J connectivity index is 4.46. The van der Waals surface area contributed by atoms with E-state index in [4.69, 9.17) is 4.74 Å². The summed E-state index contributed by atoms with van der Waals surface area (Å²) in [4.78, 5) is 21.1. The highest BCUT2D eigenvalue weighted by atomic mass is 16.5. The van der Waals surface area contributed by atoms with Gasteiger partial charge in [0, 0.05) is 19.4 Å². The van der Waals surface area contributed by atoms with Gasteiger partial charge in [0.25, 0.3) is 0 Å². The van der Waals surface area contributed by atoms with Crippen LogP contribution in [0.1, 0.15) is 27.7 Å². The largest absolute Gasteiger partial charge is 0.434 e. The van der Waals surface area contributed by atoms with Crippen LogP contribution in [0.2, 0.25) is 0 Å². The van der Waals surface area contributed by atoms with Crippen molar-refractivity contribution in [2.24, 2.45) is 0 Å². The maximum atomic E-state index is 10.7. The normalized spacial score (nSPS) is 12.3. The number of carbonyl (C=O) groups excluding carboxylic acids is 2. The second-order valence-corrected chi connectivity index (χ2v) is 2.66. The lowest BCUT2D eigenvalue weighted by molar-refractivity contribution is -0.136. The van der Waals surface area contributed by atoms with E-state index in [9.17, 15) is 9.59 Å². The van der Waals surface area contributed by atoms with E-state index < -0.39 is 11.9 Å². The molecule has 4 nitrogen and oxygen atoms in total. The van der Waals surface area contributed by atoms with Crippen molar-refractivity contribution in [3.05, 3.63) is 23.7 Å². The lowest BCUT2D eigenvalue weighted by Gasteiger charge is -2.05. The molecule has 0 radical (unpaired) electrons. The molecule has 0 amide bonds. The summed E-state index contributed by atoms with van der Waals surface area (Å²) < 4.78 is 9.49. The summed E-state index contributed by atoms with van der Waals surface area (Å²) in [6.45, 7) is 6.01. The van der Waals surface area contributed by atoms with Gasteiger partial charge < -0.3 is 9.47 Å². The number of esters is 2. The Hall–Kier alpha value is -1.58. The van der Waals surface area contributed by atoms with Gasteiger partial charge in [0.2, 0.25) is 0 Å². The van der Waals surface area contributed by atoms with Crippen LogP contribution in [-0.2, 0) is 19.1 Å². The van der Waals surface area contributed by atoms with Crippen molar-refractivity contribution in [3.8, 4) is 0 Å². The molecular weight excluding hydrogens is 184 g/mol. The molecule has 0 aliphatic heterocycles. The third kappa shape index (κ3) is 5.13. The lowest BCUT2D eigenvalue weighted by Crippen LogP contribution is -2.01. The van der Waals surface area contributed by atoms with Gasteiger partial charge in [-0.1, -0.05) is 0 Å². The molecule has 4 heteroatoms. The third-order valence-corrected chi connectivity index (χ3v) is 1.31. The van der Waals surface area contributed by atoms with Gasteiger partial charge in [-0.05, 0) is 19.9 Å². The van der Waals surface area contributed by atoms with Crippen LogP contribution in [0.15, 0.2) is 23.7 Å². The first-order chi connectivity index (χ1) is 6.47. The molecular formula is C10H14O4. The zero-order valence-electron chi connectivity index (χ0n) is 8.79. The fraction of sp³-hybridized carbons (Fsp3) is 0.400. The molecule has 0 heterocycles. The maximum absolute atomic E-state index is 10.7. The summed E-state index contributed by atoms with van der Waals surface area (Å²) in [6, 6.07) is 0. The van der Waals surface area contributed by atoms with E-state index in [1.54, 1.807) is 19.9 Å². The van der Waals surface area contributed by atoms with Crippen molar-refractivity contribution in [1.82, 2.24) is 0 Å². The van der Waals surface area contributed by atoms with Crippen molar-refractivity contribution in [1.29, 1.82) is 0 Å². The molecule has 78 valence electrons. The number of hydrogen-bond donors (Lipinski definition) is 0. The Labute approximate surface area is 83.2 Å². The third-order valence-electron chi connectivity index (χ3n) is 1.31. The molecule has 0 aromatic rings. The number of carbonyl (C=O) groups is 2. The Bertz CT molecular complexity index is 286. The van der Waals surface area contributed by atoms with Gasteiger partial charge in [0.1, 0.15) is 12.0 Å². The highest BCUT2D eigenvalue weighted by molar-refractivity contribution is 5.68. The second-order valence-electron chi connectivity index (χ2n) is 2.66. The van der Waals surface area contributed by atoms with Crippen LogP contribution in [0.25, 0.3) is 0 Å². The Morgan fingerprint density at radius 1 is 1.07 bits per heavy atom. The van der Waals surface area contributed by atoms with Gasteiger partial charge in [-0.15, -0.1) is 0 Å². The van der Waals surface area contributed by atoms with Crippen LogP contribution in [0.5, 0.6) is 0 Å². The molecule has 0 atom stereocenters. The molecule has 0 rings (SSSR count). The number of allylic oxidation sites excluding steroid dienone is 2. The molecule has 0 aromatic carbocycles. The van der Waals surface area contributed by atoms with Crippen LogP contribution >= 0.6 is 0 Å². The topological polar surface area (TPSA) is 52.6 Å². The van der Waals surface area contributed by atoms with Crippen molar-refractivity contribution in [2.45, 2.75) is 27.7 Å². The molecule has 0 N–H and O–H groups in total. The maximum Gasteiger partial charge on any atom is 0.308 e. The summed E-state index contributed by atoms with van der Waals surface area (Å²) in [6.07, 6.45) is 2.87. The fourth-order valence-electron chi connectivity index (χ4n) is 0.751. The van der Waals surface area contributed by atoms with E-state index in [-0.39, 0.29) is 0 Å². The lowest BCUT2D eigenvalue weighted by atomic mass is 10.2. The Kier molecular flexibility index (Phi) is 5.29. The summed E-state index contributed by atoms with van der Waals surface area (Å²) in [7, 11) is 0. The van der Waals surface area contributed by atoms with Crippen molar-refractivity contribution in [2.75, 3.05) is 0 Å². The summed E-state index contributed by atoms with van der Waals surface area (Å²) in [5, 5.41) is 0.